The van der Waals surface area contributed by atoms with E-state index in [4.69, 9.17) is 0 Å². The topological polar surface area (TPSA) is 33.5 Å². The maximum atomic E-state index is 12.4. The minimum Gasteiger partial charge on any atom is -0.346 e. The van der Waals surface area contributed by atoms with Crippen LogP contribution < -0.4 is 10.2 Å². The first-order chi connectivity index (χ1) is 9.21. The highest BCUT2D eigenvalue weighted by molar-refractivity contribution is 5.77. The van der Waals surface area contributed by atoms with Gasteiger partial charge >= 0.3 is 0 Å². The molecule has 0 unspecified atom stereocenters. The van der Waals surface area contributed by atoms with Gasteiger partial charge in [-0.1, -0.05) is 0 Å². The molecule has 4 saturated carbocycles. The smallest absolute Gasteiger partial charge is 0.275 e. The Bertz CT molecular complexity index is 338. The van der Waals surface area contributed by atoms with Crippen molar-refractivity contribution < 1.29 is 9.69 Å². The zero-order valence-corrected chi connectivity index (χ0v) is 11.9. The van der Waals surface area contributed by atoms with E-state index < -0.39 is 0 Å². The predicted octanol–water partition coefficient (Wildman–Crippen LogP) is 0.750. The molecule has 0 aromatic carbocycles. The average Bonchev–Trinajstić information content (AvgIpc) is 2.78. The lowest BCUT2D eigenvalue weighted by Crippen LogP contribution is -3.11. The number of hydrogen-bond acceptors (Lipinski definition) is 1. The summed E-state index contributed by atoms with van der Waals surface area (Å²) in [6.45, 7) is 3.13. The van der Waals surface area contributed by atoms with Gasteiger partial charge in [0.15, 0.2) is 6.54 Å². The Morgan fingerprint density at radius 2 is 1.53 bits per heavy atom. The van der Waals surface area contributed by atoms with E-state index >= 15 is 0 Å². The SMILES string of the molecule is O=C(C[NH+]1CCCC1)NC12CC3CC(CC(C3)C1)C2. The quantitative estimate of drug-likeness (QED) is 0.774. The molecule has 1 aliphatic heterocycles. The fraction of sp³-hybridized carbons (Fsp3) is 0.938. The summed E-state index contributed by atoms with van der Waals surface area (Å²) in [5.41, 5.74) is 0.213. The molecule has 1 amide bonds. The van der Waals surface area contributed by atoms with E-state index in [1.807, 2.05) is 0 Å². The number of nitrogens with one attached hydrogen (secondary N) is 2. The van der Waals surface area contributed by atoms with Gasteiger partial charge in [0, 0.05) is 18.4 Å². The molecular weight excluding hydrogens is 236 g/mol. The van der Waals surface area contributed by atoms with E-state index in [-0.39, 0.29) is 5.54 Å². The molecule has 1 saturated heterocycles. The van der Waals surface area contributed by atoms with Crippen LogP contribution in [0.15, 0.2) is 0 Å². The third-order valence-electron chi connectivity index (χ3n) is 6.16. The summed E-state index contributed by atoms with van der Waals surface area (Å²) in [6.07, 6.45) is 10.8. The van der Waals surface area contributed by atoms with Crippen LogP contribution in [0.1, 0.15) is 51.4 Å². The first-order valence-electron chi connectivity index (χ1n) is 8.35. The molecule has 0 atom stereocenters. The summed E-state index contributed by atoms with van der Waals surface area (Å²) in [6, 6.07) is 0. The number of amides is 1. The van der Waals surface area contributed by atoms with Gasteiger partial charge in [0.25, 0.3) is 5.91 Å². The van der Waals surface area contributed by atoms with Crippen molar-refractivity contribution in [2.45, 2.75) is 56.9 Å². The number of carbonyl (C=O) groups is 1. The van der Waals surface area contributed by atoms with Crippen molar-refractivity contribution in [2.75, 3.05) is 19.6 Å². The summed E-state index contributed by atoms with van der Waals surface area (Å²) in [7, 11) is 0. The van der Waals surface area contributed by atoms with Gasteiger partial charge in [-0.2, -0.15) is 0 Å². The molecule has 0 aromatic heterocycles. The molecule has 5 aliphatic rings. The van der Waals surface area contributed by atoms with E-state index in [2.05, 4.69) is 5.32 Å². The van der Waals surface area contributed by atoms with Crippen molar-refractivity contribution in [1.82, 2.24) is 5.32 Å². The highest BCUT2D eigenvalue weighted by atomic mass is 16.2. The van der Waals surface area contributed by atoms with Crippen LogP contribution in [0.25, 0.3) is 0 Å². The third-order valence-corrected chi connectivity index (χ3v) is 6.16. The Morgan fingerprint density at radius 3 is 2.05 bits per heavy atom. The molecule has 2 N–H and O–H groups in total. The summed E-state index contributed by atoms with van der Waals surface area (Å²) in [5, 5.41) is 3.49. The number of rotatable bonds is 3. The highest BCUT2D eigenvalue weighted by Crippen LogP contribution is 2.55. The molecule has 4 aliphatic carbocycles. The molecule has 0 aromatic rings. The maximum Gasteiger partial charge on any atom is 0.275 e. The molecular formula is C16H27N2O+. The van der Waals surface area contributed by atoms with E-state index in [1.54, 1.807) is 0 Å². The number of likely N-dealkylation sites (tertiary alicyclic amines) is 1. The second-order valence-electron chi connectivity index (χ2n) is 7.88. The minimum absolute atomic E-state index is 0.213. The van der Waals surface area contributed by atoms with Gasteiger partial charge in [0.05, 0.1) is 13.1 Å². The van der Waals surface area contributed by atoms with Crippen molar-refractivity contribution in [3.05, 3.63) is 0 Å². The van der Waals surface area contributed by atoms with Crippen LogP contribution in [-0.2, 0) is 4.79 Å². The van der Waals surface area contributed by atoms with E-state index in [1.165, 1.54) is 69.4 Å². The van der Waals surface area contributed by atoms with Crippen LogP contribution in [0.4, 0.5) is 0 Å². The molecule has 3 nitrogen and oxygen atoms in total. The molecule has 3 heteroatoms. The second-order valence-corrected chi connectivity index (χ2v) is 7.88. The van der Waals surface area contributed by atoms with Gasteiger partial charge in [-0.15, -0.1) is 0 Å². The molecule has 4 bridgehead atoms. The zero-order chi connectivity index (χ0) is 12.9. The lowest BCUT2D eigenvalue weighted by Gasteiger charge is -2.56. The van der Waals surface area contributed by atoms with Gasteiger partial charge in [-0.25, -0.2) is 0 Å². The van der Waals surface area contributed by atoms with Crippen molar-refractivity contribution >= 4 is 5.91 Å². The van der Waals surface area contributed by atoms with Crippen LogP contribution in [0.2, 0.25) is 0 Å². The first-order valence-corrected chi connectivity index (χ1v) is 8.35. The predicted molar refractivity (Wildman–Crippen MR) is 73.8 cm³/mol. The van der Waals surface area contributed by atoms with Crippen LogP contribution in [0.5, 0.6) is 0 Å². The Balaban J connectivity index is 1.40. The van der Waals surface area contributed by atoms with Gasteiger partial charge in [0.2, 0.25) is 0 Å². The minimum atomic E-state index is 0.213. The summed E-state index contributed by atoms with van der Waals surface area (Å²) in [4.78, 5) is 13.9. The third kappa shape index (κ3) is 2.31. The Hall–Kier alpha value is -0.570. The molecule has 5 fully saturated rings. The Labute approximate surface area is 116 Å². The van der Waals surface area contributed by atoms with E-state index in [9.17, 15) is 4.79 Å². The Morgan fingerprint density at radius 1 is 1.00 bits per heavy atom. The summed E-state index contributed by atoms with van der Waals surface area (Å²) in [5.74, 6) is 3.10. The largest absolute Gasteiger partial charge is 0.346 e. The van der Waals surface area contributed by atoms with Crippen LogP contribution in [0.3, 0.4) is 0 Å². The number of carbonyl (C=O) groups excluding carboxylic acids is 1. The van der Waals surface area contributed by atoms with E-state index in [0.717, 1.165) is 24.3 Å². The molecule has 0 spiro atoms. The van der Waals surface area contributed by atoms with Crippen LogP contribution in [0, 0.1) is 17.8 Å². The second kappa shape index (κ2) is 4.47. The average molecular weight is 263 g/mol. The van der Waals surface area contributed by atoms with Crippen molar-refractivity contribution in [2.24, 2.45) is 17.8 Å². The van der Waals surface area contributed by atoms with Gasteiger partial charge in [-0.3, -0.25) is 4.79 Å². The lowest BCUT2D eigenvalue weighted by molar-refractivity contribution is -0.879. The number of hydrogen-bond donors (Lipinski definition) is 2. The zero-order valence-electron chi connectivity index (χ0n) is 11.9. The van der Waals surface area contributed by atoms with Gasteiger partial charge < -0.3 is 10.2 Å². The molecule has 0 radical (unpaired) electrons. The standard InChI is InChI=1S/C16H26N2O/c19-15(11-18-3-1-2-4-18)17-16-8-12-5-13(9-16)7-14(6-12)10-16/h12-14H,1-11H2,(H,17,19)/p+1. The summed E-state index contributed by atoms with van der Waals surface area (Å²) < 4.78 is 0. The molecule has 1 heterocycles. The van der Waals surface area contributed by atoms with Crippen molar-refractivity contribution in [1.29, 1.82) is 0 Å². The fourth-order valence-electron chi connectivity index (χ4n) is 5.88. The maximum absolute atomic E-state index is 12.4. The molecule has 106 valence electrons. The monoisotopic (exact) mass is 263 g/mol. The first kappa shape index (κ1) is 12.2. The normalized spacial score (nSPS) is 44.7. The number of quaternary nitrogens is 1. The highest BCUT2D eigenvalue weighted by Gasteiger charge is 2.51. The van der Waals surface area contributed by atoms with E-state index in [0.29, 0.717) is 5.91 Å². The molecule has 5 rings (SSSR count). The van der Waals surface area contributed by atoms with Crippen molar-refractivity contribution in [3.8, 4) is 0 Å². The Kier molecular flexibility index (Phi) is 2.87. The lowest BCUT2D eigenvalue weighted by atomic mass is 9.53. The van der Waals surface area contributed by atoms with Gasteiger partial charge in [-0.05, 0) is 56.3 Å². The van der Waals surface area contributed by atoms with Crippen LogP contribution >= 0.6 is 0 Å². The summed E-state index contributed by atoms with van der Waals surface area (Å²) >= 11 is 0. The van der Waals surface area contributed by atoms with Crippen LogP contribution in [-0.4, -0.2) is 31.1 Å². The molecule has 19 heavy (non-hydrogen) atoms. The van der Waals surface area contributed by atoms with Crippen molar-refractivity contribution in [3.63, 3.8) is 0 Å². The van der Waals surface area contributed by atoms with Gasteiger partial charge in [0.1, 0.15) is 0 Å². The fourth-order valence-corrected chi connectivity index (χ4v) is 5.88.